The molecule has 0 radical (unpaired) electrons. The van der Waals surface area contributed by atoms with Gasteiger partial charge in [0.15, 0.2) is 0 Å². The molecule has 3 nitrogen and oxygen atoms in total. The molecule has 7 heavy (non-hydrogen) atoms. The predicted octanol–water partition coefficient (Wildman–Crippen LogP) is 0.960. The van der Waals surface area contributed by atoms with Crippen molar-refractivity contribution in [3.05, 3.63) is 0 Å². The Morgan fingerprint density at radius 1 is 1.71 bits per heavy atom. The molecule has 0 heterocycles. The third-order valence-corrected chi connectivity index (χ3v) is 0.601. The molecule has 1 N–H and O–H groups in total. The summed E-state index contributed by atoms with van der Waals surface area (Å²) < 4.78 is 2.53. The zero-order valence-corrected chi connectivity index (χ0v) is 6.08. The van der Waals surface area contributed by atoms with E-state index in [0.717, 1.165) is 0 Å². The van der Waals surface area contributed by atoms with Gasteiger partial charge in [0, 0.05) is 6.21 Å². The van der Waals surface area contributed by atoms with Crippen LogP contribution in [0.2, 0.25) is 0 Å². The van der Waals surface area contributed by atoms with E-state index in [2.05, 4.69) is 13.7 Å². The van der Waals surface area contributed by atoms with Gasteiger partial charge in [0.1, 0.15) is 6.34 Å². The molecule has 0 aliphatic rings. The van der Waals surface area contributed by atoms with Crippen molar-refractivity contribution < 1.29 is 0 Å². The Bertz CT molecular complexity index is 78.2. The third kappa shape index (κ3) is 5.87. The lowest BCUT2D eigenvalue weighted by molar-refractivity contribution is 1.17. The molecule has 0 aliphatic heterocycles. The van der Waals surface area contributed by atoms with Gasteiger partial charge in [0.2, 0.25) is 0 Å². The fraction of sp³-hybridized carbons (Fsp3) is 0.333. The van der Waals surface area contributed by atoms with Crippen LogP contribution in [0.25, 0.3) is 0 Å². The van der Waals surface area contributed by atoms with Crippen LogP contribution in [-0.2, 0) is 0 Å². The molecule has 0 aromatic carbocycles. The highest BCUT2D eigenvalue weighted by Crippen LogP contribution is 1.65. The van der Waals surface area contributed by atoms with E-state index >= 15 is 0 Å². The number of halogens is 1. The second-order valence-corrected chi connectivity index (χ2v) is 1.22. The summed E-state index contributed by atoms with van der Waals surface area (Å²) in [5, 5.41) is 3.58. The summed E-state index contributed by atoms with van der Waals surface area (Å²) in [6.07, 6.45) is 3.10. The molecule has 0 saturated heterocycles. The number of rotatable bonds is 2. The van der Waals surface area contributed by atoms with Gasteiger partial charge in [0.05, 0.1) is 22.9 Å². The molecule has 0 aromatic rings. The van der Waals surface area contributed by atoms with Crippen LogP contribution < -0.4 is 3.64 Å². The number of hydrazone groups is 1. The first-order valence-corrected chi connectivity index (χ1v) is 2.84. The summed E-state index contributed by atoms with van der Waals surface area (Å²) >= 11 is 1.91. The molecule has 0 fully saturated rings. The minimum Gasteiger partial charge on any atom is -0.248 e. The Morgan fingerprint density at radius 3 is 2.86 bits per heavy atom. The van der Waals surface area contributed by atoms with E-state index in [0.29, 0.717) is 0 Å². The molecular formula is C3H6IN3. The number of hydrogen-bond acceptors (Lipinski definition) is 2. The Labute approximate surface area is 56.4 Å². The summed E-state index contributed by atoms with van der Waals surface area (Å²) in [4.78, 5) is 3.68. The predicted molar refractivity (Wildman–Crippen MR) is 39.8 cm³/mol. The lowest BCUT2D eigenvalue weighted by Crippen LogP contribution is -1.80. The maximum absolute atomic E-state index is 3.68. The molecule has 0 spiro atoms. The molecule has 0 atom stereocenters. The second-order valence-electron chi connectivity index (χ2n) is 0.736. The SMILES string of the molecule is C/C=N\C=N/NI. The Hall–Kier alpha value is -0.130. The summed E-state index contributed by atoms with van der Waals surface area (Å²) in [7, 11) is 0. The van der Waals surface area contributed by atoms with Crippen molar-refractivity contribution in [3.63, 3.8) is 0 Å². The maximum Gasteiger partial charge on any atom is 0.135 e. The van der Waals surface area contributed by atoms with E-state index in [4.69, 9.17) is 0 Å². The quantitative estimate of drug-likeness (QED) is 0.238. The number of aliphatic imine (C=N–C) groups is 1. The van der Waals surface area contributed by atoms with Crippen molar-refractivity contribution in [1.29, 1.82) is 0 Å². The van der Waals surface area contributed by atoms with Crippen LogP contribution in [0.3, 0.4) is 0 Å². The van der Waals surface area contributed by atoms with Crippen molar-refractivity contribution in [2.24, 2.45) is 10.1 Å². The molecule has 0 rings (SSSR count). The van der Waals surface area contributed by atoms with Gasteiger partial charge in [-0.3, -0.25) is 0 Å². The highest BCUT2D eigenvalue weighted by Gasteiger charge is 1.55. The lowest BCUT2D eigenvalue weighted by Gasteiger charge is -1.74. The van der Waals surface area contributed by atoms with Crippen molar-refractivity contribution in [2.45, 2.75) is 6.92 Å². The zero-order valence-electron chi connectivity index (χ0n) is 3.93. The second kappa shape index (κ2) is 5.87. The Kier molecular flexibility index (Phi) is 5.76. The highest BCUT2D eigenvalue weighted by molar-refractivity contribution is 14.1. The lowest BCUT2D eigenvalue weighted by atomic mass is 10.9. The molecule has 0 aromatic heterocycles. The van der Waals surface area contributed by atoms with E-state index in [-0.39, 0.29) is 0 Å². The topological polar surface area (TPSA) is 36.8 Å². The van der Waals surface area contributed by atoms with Gasteiger partial charge < -0.3 is 0 Å². The number of nitrogens with one attached hydrogen (secondary N) is 1. The zero-order chi connectivity index (χ0) is 5.54. The summed E-state index contributed by atoms with van der Waals surface area (Å²) in [5.74, 6) is 0. The van der Waals surface area contributed by atoms with E-state index in [1.165, 1.54) is 6.34 Å². The van der Waals surface area contributed by atoms with Crippen LogP contribution in [-0.4, -0.2) is 12.6 Å². The van der Waals surface area contributed by atoms with E-state index in [1.54, 1.807) is 6.21 Å². The van der Waals surface area contributed by atoms with Gasteiger partial charge in [-0.15, -0.1) is 0 Å². The smallest absolute Gasteiger partial charge is 0.135 e. The molecule has 4 heteroatoms. The average Bonchev–Trinajstić information content (AvgIpc) is 1.69. The standard InChI is InChI=1S/C3H6IN3/c1-2-5-3-6-7-4/h2-3,7H,1H3/b5-2-,6-3-. The van der Waals surface area contributed by atoms with Gasteiger partial charge in [-0.25, -0.2) is 8.63 Å². The molecular weight excluding hydrogens is 205 g/mol. The summed E-state index contributed by atoms with van der Waals surface area (Å²) in [5.41, 5.74) is 0. The first kappa shape index (κ1) is 6.87. The molecule has 0 amide bonds. The Balaban J connectivity index is 3.09. The maximum atomic E-state index is 3.68. The first-order chi connectivity index (χ1) is 3.41. The largest absolute Gasteiger partial charge is 0.248 e. The molecule has 0 unspecified atom stereocenters. The fourth-order valence-electron chi connectivity index (χ4n) is 0.122. The number of hydrogen-bond donors (Lipinski definition) is 1. The number of nitrogens with zero attached hydrogens (tertiary/aromatic N) is 2. The molecule has 0 aliphatic carbocycles. The summed E-state index contributed by atoms with van der Waals surface area (Å²) in [6, 6.07) is 0. The Morgan fingerprint density at radius 2 is 2.43 bits per heavy atom. The van der Waals surface area contributed by atoms with E-state index in [1.807, 2.05) is 29.8 Å². The highest BCUT2D eigenvalue weighted by atomic mass is 127. The van der Waals surface area contributed by atoms with Crippen molar-refractivity contribution >= 4 is 35.4 Å². The van der Waals surface area contributed by atoms with Crippen LogP contribution in [0.4, 0.5) is 0 Å². The van der Waals surface area contributed by atoms with Crippen LogP contribution in [0, 0.1) is 0 Å². The van der Waals surface area contributed by atoms with Gasteiger partial charge in [-0.1, -0.05) is 0 Å². The first-order valence-electron chi connectivity index (χ1n) is 1.76. The van der Waals surface area contributed by atoms with Crippen molar-refractivity contribution in [3.8, 4) is 0 Å². The monoisotopic (exact) mass is 211 g/mol. The van der Waals surface area contributed by atoms with E-state index in [9.17, 15) is 0 Å². The van der Waals surface area contributed by atoms with Gasteiger partial charge >= 0.3 is 0 Å². The normalized spacial score (nSPS) is 11.1. The van der Waals surface area contributed by atoms with Crippen molar-refractivity contribution in [2.75, 3.05) is 0 Å². The fourth-order valence-corrected chi connectivity index (χ4v) is 0.246. The van der Waals surface area contributed by atoms with Gasteiger partial charge in [0.25, 0.3) is 0 Å². The van der Waals surface area contributed by atoms with E-state index < -0.39 is 0 Å². The van der Waals surface area contributed by atoms with Crippen LogP contribution in [0.1, 0.15) is 6.92 Å². The third-order valence-electron chi connectivity index (χ3n) is 0.322. The van der Waals surface area contributed by atoms with Crippen LogP contribution in [0.5, 0.6) is 0 Å². The van der Waals surface area contributed by atoms with Gasteiger partial charge in [-0.2, -0.15) is 5.10 Å². The minimum absolute atomic E-state index is 1.44. The van der Waals surface area contributed by atoms with Crippen molar-refractivity contribution in [1.82, 2.24) is 3.64 Å². The molecule has 0 saturated carbocycles. The van der Waals surface area contributed by atoms with Crippen LogP contribution >= 0.6 is 22.9 Å². The molecule has 0 bridgehead atoms. The molecule has 40 valence electrons. The minimum atomic E-state index is 1.44. The average molecular weight is 211 g/mol. The van der Waals surface area contributed by atoms with Crippen LogP contribution in [0.15, 0.2) is 10.1 Å². The van der Waals surface area contributed by atoms with Gasteiger partial charge in [-0.05, 0) is 6.92 Å². The summed E-state index contributed by atoms with van der Waals surface area (Å²) in [6.45, 7) is 1.83.